The van der Waals surface area contributed by atoms with E-state index in [2.05, 4.69) is 10.6 Å². The van der Waals surface area contributed by atoms with E-state index < -0.39 is 5.91 Å². The first-order valence-corrected chi connectivity index (χ1v) is 7.09. The van der Waals surface area contributed by atoms with E-state index in [0.29, 0.717) is 17.0 Å². The first-order valence-electron chi connectivity index (χ1n) is 5.87. The highest BCUT2D eigenvalue weighted by atomic mass is 32.1. The van der Waals surface area contributed by atoms with Crippen LogP contribution in [0.4, 0.5) is 5.00 Å². The van der Waals surface area contributed by atoms with Gasteiger partial charge in [0.25, 0.3) is 5.91 Å². The molecule has 0 aromatic carbocycles. The van der Waals surface area contributed by atoms with Crippen molar-refractivity contribution in [3.63, 3.8) is 0 Å². The monoisotopic (exact) mass is 299 g/mol. The second-order valence-corrected chi connectivity index (χ2v) is 5.74. The van der Waals surface area contributed by atoms with Crippen LogP contribution < -0.4 is 16.4 Å². The van der Waals surface area contributed by atoms with Crippen molar-refractivity contribution >= 4 is 45.5 Å². The first-order chi connectivity index (χ1) is 8.86. The van der Waals surface area contributed by atoms with Crippen LogP contribution in [0.1, 0.15) is 40.6 Å². The van der Waals surface area contributed by atoms with Crippen LogP contribution in [0.2, 0.25) is 0 Å². The van der Waals surface area contributed by atoms with Gasteiger partial charge in [0.1, 0.15) is 5.00 Å². The van der Waals surface area contributed by atoms with E-state index in [4.69, 9.17) is 18.0 Å². The maximum absolute atomic E-state index is 11.4. The van der Waals surface area contributed by atoms with Crippen molar-refractivity contribution in [1.29, 1.82) is 0 Å². The number of nitrogens with two attached hydrogens (primary N) is 1. The minimum absolute atomic E-state index is 0.148. The summed E-state index contributed by atoms with van der Waals surface area (Å²) >= 11 is 6.42. The fraction of sp³-hybridized carbons (Fsp3) is 0.417. The summed E-state index contributed by atoms with van der Waals surface area (Å²) in [5.41, 5.74) is 6.61. The molecule has 19 heavy (non-hydrogen) atoms. The molecule has 0 atom stereocenters. The molecule has 0 spiro atoms. The Morgan fingerprint density at radius 3 is 2.53 bits per heavy atom. The molecule has 0 aliphatic carbocycles. The molecule has 0 aliphatic heterocycles. The van der Waals surface area contributed by atoms with Crippen LogP contribution in [0.15, 0.2) is 0 Å². The number of hydrogen-bond acceptors (Lipinski definition) is 4. The van der Waals surface area contributed by atoms with Gasteiger partial charge in [-0.15, -0.1) is 11.3 Å². The molecule has 0 saturated heterocycles. The van der Waals surface area contributed by atoms with Crippen molar-refractivity contribution in [2.45, 2.75) is 33.6 Å². The molecule has 1 heterocycles. The Labute approximate surface area is 121 Å². The molecular weight excluding hydrogens is 282 g/mol. The molecule has 0 aliphatic rings. The Morgan fingerprint density at radius 2 is 2.00 bits per heavy atom. The van der Waals surface area contributed by atoms with Gasteiger partial charge in [-0.1, -0.05) is 6.92 Å². The Balaban J connectivity index is 2.83. The molecule has 1 rings (SSSR count). The predicted molar refractivity (Wildman–Crippen MR) is 81.6 cm³/mol. The highest BCUT2D eigenvalue weighted by Gasteiger charge is 2.18. The molecule has 0 unspecified atom stereocenters. The first kappa shape index (κ1) is 15.6. The summed E-state index contributed by atoms with van der Waals surface area (Å²) in [5, 5.41) is 6.18. The van der Waals surface area contributed by atoms with Crippen molar-refractivity contribution in [2.75, 3.05) is 5.32 Å². The lowest BCUT2D eigenvalue weighted by molar-refractivity contribution is -0.119. The smallest absolute Gasteiger partial charge is 0.251 e. The zero-order valence-electron chi connectivity index (χ0n) is 11.1. The van der Waals surface area contributed by atoms with E-state index in [9.17, 15) is 9.59 Å². The van der Waals surface area contributed by atoms with E-state index in [0.717, 1.165) is 16.9 Å². The van der Waals surface area contributed by atoms with E-state index in [1.54, 1.807) is 0 Å². The molecule has 0 saturated carbocycles. The zero-order valence-corrected chi connectivity index (χ0v) is 12.8. The van der Waals surface area contributed by atoms with Crippen molar-refractivity contribution in [3.8, 4) is 0 Å². The quantitative estimate of drug-likeness (QED) is 0.743. The van der Waals surface area contributed by atoms with Gasteiger partial charge in [0, 0.05) is 11.3 Å². The summed E-state index contributed by atoms with van der Waals surface area (Å²) in [5.74, 6) is -0.655. The van der Waals surface area contributed by atoms with Crippen molar-refractivity contribution < 1.29 is 9.59 Å². The highest BCUT2D eigenvalue weighted by molar-refractivity contribution is 7.80. The third kappa shape index (κ3) is 4.00. The summed E-state index contributed by atoms with van der Waals surface area (Å²) in [6, 6.07) is 0. The summed E-state index contributed by atoms with van der Waals surface area (Å²) in [7, 11) is 0. The van der Waals surface area contributed by atoms with Crippen LogP contribution in [0, 0.1) is 13.8 Å². The van der Waals surface area contributed by atoms with Gasteiger partial charge in [0.05, 0.1) is 5.56 Å². The number of thiophene rings is 1. The third-order valence-corrected chi connectivity index (χ3v) is 3.92. The van der Waals surface area contributed by atoms with Crippen LogP contribution in [0.25, 0.3) is 0 Å². The number of anilines is 1. The van der Waals surface area contributed by atoms with Gasteiger partial charge in [-0.05, 0) is 38.0 Å². The fourth-order valence-corrected chi connectivity index (χ4v) is 2.91. The lowest BCUT2D eigenvalue weighted by Gasteiger charge is -2.08. The number of amides is 2. The zero-order chi connectivity index (χ0) is 14.6. The van der Waals surface area contributed by atoms with Crippen molar-refractivity contribution in [3.05, 3.63) is 16.0 Å². The number of nitrogens with one attached hydrogen (secondary N) is 2. The van der Waals surface area contributed by atoms with E-state index in [1.165, 1.54) is 11.3 Å². The van der Waals surface area contributed by atoms with E-state index in [1.807, 2.05) is 20.8 Å². The van der Waals surface area contributed by atoms with Gasteiger partial charge >= 0.3 is 0 Å². The predicted octanol–water partition coefficient (Wildman–Crippen LogP) is 2.08. The van der Waals surface area contributed by atoms with E-state index >= 15 is 0 Å². The molecular formula is C12H17N3O2S2. The molecule has 104 valence electrons. The van der Waals surface area contributed by atoms with Gasteiger partial charge in [0.15, 0.2) is 5.11 Å². The SMILES string of the molecule is CCCC(=O)NC(=S)Nc1sc(C)c(C)c1C(N)=O. The number of hydrogen-bond donors (Lipinski definition) is 3. The number of thiocarbonyl (C=S) groups is 1. The third-order valence-electron chi connectivity index (χ3n) is 2.59. The number of carbonyl (C=O) groups is 2. The van der Waals surface area contributed by atoms with Gasteiger partial charge in [-0.25, -0.2) is 0 Å². The normalized spacial score (nSPS) is 10.1. The molecule has 0 radical (unpaired) electrons. The van der Waals surface area contributed by atoms with Crippen molar-refractivity contribution in [2.24, 2.45) is 5.73 Å². The topological polar surface area (TPSA) is 84.2 Å². The lowest BCUT2D eigenvalue weighted by atomic mass is 10.1. The van der Waals surface area contributed by atoms with Gasteiger partial charge in [-0.3, -0.25) is 9.59 Å². The summed E-state index contributed by atoms with van der Waals surface area (Å²) in [6.45, 7) is 5.64. The molecule has 0 bridgehead atoms. The van der Waals surface area contributed by atoms with Crippen LogP contribution in [-0.2, 0) is 4.79 Å². The highest BCUT2D eigenvalue weighted by Crippen LogP contribution is 2.31. The number of aryl methyl sites for hydroxylation is 1. The van der Waals surface area contributed by atoms with Crippen LogP contribution >= 0.6 is 23.6 Å². The Hall–Kier alpha value is -1.47. The Kier molecular flexibility index (Phi) is 5.44. The fourth-order valence-electron chi connectivity index (χ4n) is 1.56. The Bertz CT molecular complexity index is 523. The molecule has 5 nitrogen and oxygen atoms in total. The number of carbonyl (C=O) groups excluding carboxylic acids is 2. The molecule has 4 N–H and O–H groups in total. The summed E-state index contributed by atoms with van der Waals surface area (Å²) in [6.07, 6.45) is 1.16. The summed E-state index contributed by atoms with van der Waals surface area (Å²) in [4.78, 5) is 23.8. The molecule has 1 aromatic rings. The number of rotatable bonds is 4. The van der Waals surface area contributed by atoms with Crippen LogP contribution in [0.5, 0.6) is 0 Å². The molecule has 7 heteroatoms. The van der Waals surface area contributed by atoms with Gasteiger partial charge < -0.3 is 16.4 Å². The maximum Gasteiger partial charge on any atom is 0.251 e. The molecule has 1 aromatic heterocycles. The lowest BCUT2D eigenvalue weighted by Crippen LogP contribution is -2.34. The Morgan fingerprint density at radius 1 is 1.37 bits per heavy atom. The average molecular weight is 299 g/mol. The minimum Gasteiger partial charge on any atom is -0.365 e. The minimum atomic E-state index is -0.507. The maximum atomic E-state index is 11.4. The van der Waals surface area contributed by atoms with Crippen LogP contribution in [-0.4, -0.2) is 16.9 Å². The molecule has 0 fully saturated rings. The van der Waals surface area contributed by atoms with Crippen LogP contribution in [0.3, 0.4) is 0 Å². The van der Waals surface area contributed by atoms with Crippen molar-refractivity contribution in [1.82, 2.24) is 5.32 Å². The molecule has 2 amide bonds. The summed E-state index contributed by atoms with van der Waals surface area (Å²) < 4.78 is 0. The largest absolute Gasteiger partial charge is 0.365 e. The number of primary amides is 1. The standard InChI is InChI=1S/C12H17N3O2S2/c1-4-5-8(16)14-12(18)15-11-9(10(13)17)6(2)7(3)19-11/h4-5H2,1-3H3,(H2,13,17)(H2,14,15,16,18). The average Bonchev–Trinajstić information content (AvgIpc) is 2.54. The van der Waals surface area contributed by atoms with E-state index in [-0.39, 0.29) is 11.0 Å². The van der Waals surface area contributed by atoms with Gasteiger partial charge in [-0.2, -0.15) is 0 Å². The second-order valence-electron chi connectivity index (χ2n) is 4.10. The van der Waals surface area contributed by atoms with Gasteiger partial charge in [0.2, 0.25) is 5.91 Å². The second kappa shape index (κ2) is 6.63.